The van der Waals surface area contributed by atoms with E-state index in [-0.39, 0.29) is 11.9 Å². The van der Waals surface area contributed by atoms with Gasteiger partial charge in [0.2, 0.25) is 17.6 Å². The van der Waals surface area contributed by atoms with Crippen LogP contribution in [0.2, 0.25) is 5.02 Å². The Morgan fingerprint density at radius 1 is 1.19 bits per heavy atom. The van der Waals surface area contributed by atoms with Gasteiger partial charge in [0.05, 0.1) is 5.02 Å². The fourth-order valence-corrected chi connectivity index (χ4v) is 3.63. The summed E-state index contributed by atoms with van der Waals surface area (Å²) in [6, 6.07) is 13.4. The smallest absolute Gasteiger partial charge is 0.249 e. The van der Waals surface area contributed by atoms with Crippen molar-refractivity contribution in [1.82, 2.24) is 15.0 Å². The number of rotatable bonds is 4. The number of aromatic nitrogens is 2. The maximum absolute atomic E-state index is 12.5. The molecule has 5 nitrogen and oxygen atoms in total. The number of hydrogen-bond donors (Lipinski definition) is 0. The molecule has 2 aromatic carbocycles. The zero-order valence-electron chi connectivity index (χ0n) is 15.3. The molecule has 138 valence electrons. The van der Waals surface area contributed by atoms with E-state index in [2.05, 4.69) is 42.2 Å². The highest BCUT2D eigenvalue weighted by molar-refractivity contribution is 6.33. The number of halogens is 1. The Labute approximate surface area is 163 Å². The summed E-state index contributed by atoms with van der Waals surface area (Å²) in [5, 5.41) is 4.64. The number of nitrogens with zero attached hydrogens (tertiary/aromatic N) is 3. The van der Waals surface area contributed by atoms with Gasteiger partial charge in [0.1, 0.15) is 6.04 Å². The number of amides is 1. The number of benzene rings is 2. The summed E-state index contributed by atoms with van der Waals surface area (Å²) < 4.78 is 5.50. The normalized spacial score (nSPS) is 16.9. The molecule has 0 spiro atoms. The minimum Gasteiger partial charge on any atom is -0.337 e. The van der Waals surface area contributed by atoms with Crippen molar-refractivity contribution in [2.45, 2.75) is 39.3 Å². The van der Waals surface area contributed by atoms with E-state index in [1.54, 1.807) is 6.07 Å². The van der Waals surface area contributed by atoms with Crippen LogP contribution in [-0.2, 0) is 11.3 Å². The summed E-state index contributed by atoms with van der Waals surface area (Å²) in [7, 11) is 0. The zero-order chi connectivity index (χ0) is 19.0. The van der Waals surface area contributed by atoms with Crippen molar-refractivity contribution in [3.8, 4) is 11.4 Å². The minimum absolute atomic E-state index is 0.107. The first-order valence-corrected chi connectivity index (χ1v) is 9.35. The van der Waals surface area contributed by atoms with Gasteiger partial charge in [-0.15, -0.1) is 0 Å². The molecular formula is C21H20ClN3O2. The number of aryl methyl sites for hydroxylation is 2. The lowest BCUT2D eigenvalue weighted by Crippen LogP contribution is -2.27. The Kier molecular flexibility index (Phi) is 4.70. The van der Waals surface area contributed by atoms with Crippen LogP contribution in [0.1, 0.15) is 41.5 Å². The summed E-state index contributed by atoms with van der Waals surface area (Å²) in [6.45, 7) is 4.70. The average Bonchev–Trinajstić information content (AvgIpc) is 3.26. The fraction of sp³-hybridized carbons (Fsp3) is 0.286. The predicted octanol–water partition coefficient (Wildman–Crippen LogP) is 4.87. The second-order valence-electron chi connectivity index (χ2n) is 6.93. The second kappa shape index (κ2) is 7.16. The fourth-order valence-electron chi connectivity index (χ4n) is 3.41. The summed E-state index contributed by atoms with van der Waals surface area (Å²) in [4.78, 5) is 18.8. The van der Waals surface area contributed by atoms with E-state index >= 15 is 0 Å². The van der Waals surface area contributed by atoms with Crippen LogP contribution < -0.4 is 0 Å². The van der Waals surface area contributed by atoms with Gasteiger partial charge in [0.25, 0.3) is 0 Å². The Balaban J connectivity index is 1.60. The van der Waals surface area contributed by atoms with Crippen LogP contribution in [0.3, 0.4) is 0 Å². The van der Waals surface area contributed by atoms with Crippen LogP contribution in [0, 0.1) is 13.8 Å². The summed E-state index contributed by atoms with van der Waals surface area (Å²) in [5.74, 6) is 1.01. The lowest BCUT2D eigenvalue weighted by Gasteiger charge is -2.22. The van der Waals surface area contributed by atoms with Crippen LogP contribution in [0.4, 0.5) is 0 Å². The van der Waals surface area contributed by atoms with E-state index in [0.29, 0.717) is 36.1 Å². The molecule has 0 radical (unpaired) electrons. The van der Waals surface area contributed by atoms with Gasteiger partial charge < -0.3 is 9.42 Å². The Hall–Kier alpha value is -2.66. The van der Waals surface area contributed by atoms with Crippen molar-refractivity contribution in [1.29, 1.82) is 0 Å². The van der Waals surface area contributed by atoms with E-state index in [0.717, 1.165) is 11.1 Å². The third-order valence-electron chi connectivity index (χ3n) is 5.09. The number of carbonyl (C=O) groups is 1. The van der Waals surface area contributed by atoms with Gasteiger partial charge in [0.15, 0.2) is 0 Å². The first-order valence-electron chi connectivity index (χ1n) is 8.97. The van der Waals surface area contributed by atoms with Crippen molar-refractivity contribution in [3.63, 3.8) is 0 Å². The maximum Gasteiger partial charge on any atom is 0.249 e. The van der Waals surface area contributed by atoms with E-state index in [4.69, 9.17) is 16.1 Å². The molecule has 27 heavy (non-hydrogen) atoms. The molecule has 0 saturated carbocycles. The van der Waals surface area contributed by atoms with Crippen LogP contribution in [0.25, 0.3) is 11.4 Å². The number of likely N-dealkylation sites (tertiary alicyclic amines) is 1. The molecule has 1 aromatic heterocycles. The number of carbonyl (C=O) groups excluding carboxylic acids is 1. The maximum atomic E-state index is 12.5. The van der Waals surface area contributed by atoms with E-state index < -0.39 is 0 Å². The molecule has 1 aliphatic heterocycles. The van der Waals surface area contributed by atoms with Crippen LogP contribution in [0.5, 0.6) is 0 Å². The van der Waals surface area contributed by atoms with Crippen LogP contribution >= 0.6 is 11.6 Å². The van der Waals surface area contributed by atoms with Gasteiger partial charge in [-0.2, -0.15) is 4.98 Å². The largest absolute Gasteiger partial charge is 0.337 e. The molecule has 1 amide bonds. The molecule has 1 fully saturated rings. The zero-order valence-corrected chi connectivity index (χ0v) is 16.0. The Morgan fingerprint density at radius 3 is 2.78 bits per heavy atom. The van der Waals surface area contributed by atoms with Crippen molar-refractivity contribution in [2.75, 3.05) is 0 Å². The highest BCUT2D eigenvalue weighted by Crippen LogP contribution is 2.35. The van der Waals surface area contributed by atoms with E-state index in [9.17, 15) is 4.79 Å². The Bertz CT molecular complexity index is 999. The number of hydrogen-bond acceptors (Lipinski definition) is 4. The molecule has 2 heterocycles. The topological polar surface area (TPSA) is 59.2 Å². The van der Waals surface area contributed by atoms with Gasteiger partial charge in [-0.05, 0) is 49.1 Å². The third kappa shape index (κ3) is 3.47. The van der Waals surface area contributed by atoms with E-state index in [1.165, 1.54) is 11.1 Å². The molecular weight excluding hydrogens is 362 g/mol. The van der Waals surface area contributed by atoms with Crippen molar-refractivity contribution >= 4 is 17.5 Å². The van der Waals surface area contributed by atoms with Crippen molar-refractivity contribution in [2.24, 2.45) is 0 Å². The average molecular weight is 382 g/mol. The molecule has 1 saturated heterocycles. The summed E-state index contributed by atoms with van der Waals surface area (Å²) in [5.41, 5.74) is 4.28. The molecule has 1 atom stereocenters. The van der Waals surface area contributed by atoms with Crippen LogP contribution in [-0.4, -0.2) is 20.9 Å². The van der Waals surface area contributed by atoms with Gasteiger partial charge in [-0.1, -0.05) is 47.1 Å². The van der Waals surface area contributed by atoms with Gasteiger partial charge in [-0.3, -0.25) is 4.79 Å². The molecule has 6 heteroatoms. The molecule has 0 bridgehead atoms. The minimum atomic E-state index is -0.206. The standard InChI is InChI=1S/C21H20ClN3O2/c1-13-7-8-15(11-14(13)2)12-25-18(9-10-19(25)26)21-23-20(24-27-21)16-5-3-4-6-17(16)22/h3-8,11,18H,9-10,12H2,1-2H3. The SMILES string of the molecule is Cc1ccc(CN2C(=O)CCC2c2nc(-c3ccccc3Cl)no2)cc1C. The quantitative estimate of drug-likeness (QED) is 0.646. The third-order valence-corrected chi connectivity index (χ3v) is 5.42. The monoisotopic (exact) mass is 381 g/mol. The lowest BCUT2D eigenvalue weighted by atomic mass is 10.1. The predicted molar refractivity (Wildman–Crippen MR) is 103 cm³/mol. The molecule has 1 unspecified atom stereocenters. The molecule has 1 aliphatic rings. The van der Waals surface area contributed by atoms with Crippen molar-refractivity contribution < 1.29 is 9.32 Å². The van der Waals surface area contributed by atoms with Gasteiger partial charge >= 0.3 is 0 Å². The van der Waals surface area contributed by atoms with Crippen molar-refractivity contribution in [3.05, 3.63) is 70.1 Å². The Morgan fingerprint density at radius 2 is 2.00 bits per heavy atom. The van der Waals surface area contributed by atoms with Crippen LogP contribution in [0.15, 0.2) is 47.0 Å². The molecule has 4 rings (SSSR count). The van der Waals surface area contributed by atoms with E-state index in [1.807, 2.05) is 23.1 Å². The second-order valence-corrected chi connectivity index (χ2v) is 7.34. The lowest BCUT2D eigenvalue weighted by molar-refractivity contribution is -0.129. The first-order chi connectivity index (χ1) is 13.0. The highest BCUT2D eigenvalue weighted by Gasteiger charge is 2.36. The first kappa shape index (κ1) is 17.7. The summed E-state index contributed by atoms with van der Waals surface area (Å²) >= 11 is 6.23. The van der Waals surface area contributed by atoms with Gasteiger partial charge in [0, 0.05) is 18.5 Å². The molecule has 0 aliphatic carbocycles. The molecule has 0 N–H and O–H groups in total. The molecule has 3 aromatic rings. The summed E-state index contributed by atoms with van der Waals surface area (Å²) in [6.07, 6.45) is 1.16. The highest BCUT2D eigenvalue weighted by atomic mass is 35.5. The van der Waals surface area contributed by atoms with Gasteiger partial charge in [-0.25, -0.2) is 0 Å².